The molecule has 0 aromatic heterocycles. The number of hydrogen-bond donors (Lipinski definition) is 1. The molecule has 0 radical (unpaired) electrons. The molecule has 0 aromatic carbocycles. The summed E-state index contributed by atoms with van der Waals surface area (Å²) in [6.45, 7) is 1.05. The second-order valence-corrected chi connectivity index (χ2v) is 7.34. The van der Waals surface area contributed by atoms with Crippen LogP contribution in [-0.4, -0.2) is 23.0 Å². The first kappa shape index (κ1) is 12.8. The Labute approximate surface area is 115 Å². The second kappa shape index (κ2) is 5.85. The molecule has 0 aromatic rings. The van der Waals surface area contributed by atoms with Crippen molar-refractivity contribution in [3.05, 3.63) is 0 Å². The molecule has 1 N–H and O–H groups in total. The van der Waals surface area contributed by atoms with E-state index in [0.717, 1.165) is 12.5 Å². The Morgan fingerprint density at radius 1 is 1.11 bits per heavy atom. The topological polar surface area (TPSA) is 24.4 Å². The molecule has 3 rings (SSSR count). The standard InChI is InChI=1S/C15H26N2S/c1-4-9-15(10-5-1)12-18-14(17-15)16-11-8-13-6-2-3-7-13/h13H,1-12H2,(H,16,17). The summed E-state index contributed by atoms with van der Waals surface area (Å²) in [6, 6.07) is 0. The molecule has 1 saturated heterocycles. The van der Waals surface area contributed by atoms with Gasteiger partial charge in [-0.2, -0.15) is 0 Å². The van der Waals surface area contributed by atoms with E-state index < -0.39 is 0 Å². The fourth-order valence-electron chi connectivity index (χ4n) is 3.74. The first-order chi connectivity index (χ1) is 8.86. The molecule has 1 spiro atoms. The Bertz CT molecular complexity index is 302. The summed E-state index contributed by atoms with van der Waals surface area (Å²) < 4.78 is 0. The molecule has 102 valence electrons. The molecule has 3 aliphatic rings. The van der Waals surface area contributed by atoms with Gasteiger partial charge in [0.05, 0.1) is 0 Å². The van der Waals surface area contributed by atoms with Crippen LogP contribution in [0.5, 0.6) is 0 Å². The van der Waals surface area contributed by atoms with Gasteiger partial charge in [-0.05, 0) is 25.2 Å². The molecule has 0 amide bonds. The molecular formula is C15H26N2S. The number of hydrogen-bond acceptors (Lipinski definition) is 2. The van der Waals surface area contributed by atoms with E-state index in [-0.39, 0.29) is 0 Å². The van der Waals surface area contributed by atoms with Gasteiger partial charge in [0.2, 0.25) is 0 Å². The van der Waals surface area contributed by atoms with Gasteiger partial charge in [0.25, 0.3) is 0 Å². The van der Waals surface area contributed by atoms with Crippen molar-refractivity contribution in [2.45, 2.75) is 69.7 Å². The number of thioether (sulfide) groups is 1. The van der Waals surface area contributed by atoms with Crippen LogP contribution in [0.4, 0.5) is 0 Å². The highest BCUT2D eigenvalue weighted by molar-refractivity contribution is 8.14. The van der Waals surface area contributed by atoms with E-state index in [4.69, 9.17) is 4.99 Å². The highest BCUT2D eigenvalue weighted by atomic mass is 32.2. The van der Waals surface area contributed by atoms with Crippen LogP contribution in [0.3, 0.4) is 0 Å². The van der Waals surface area contributed by atoms with Gasteiger partial charge >= 0.3 is 0 Å². The predicted molar refractivity (Wildman–Crippen MR) is 80.3 cm³/mol. The molecule has 0 atom stereocenters. The molecule has 2 aliphatic carbocycles. The van der Waals surface area contributed by atoms with Crippen molar-refractivity contribution in [2.75, 3.05) is 12.3 Å². The van der Waals surface area contributed by atoms with Gasteiger partial charge in [-0.1, -0.05) is 56.7 Å². The van der Waals surface area contributed by atoms with Gasteiger partial charge in [-0.25, -0.2) is 0 Å². The molecule has 0 bridgehead atoms. The highest BCUT2D eigenvalue weighted by Crippen LogP contribution is 2.36. The van der Waals surface area contributed by atoms with Crippen molar-refractivity contribution in [3.8, 4) is 0 Å². The Morgan fingerprint density at radius 2 is 1.89 bits per heavy atom. The van der Waals surface area contributed by atoms with Crippen LogP contribution >= 0.6 is 11.8 Å². The van der Waals surface area contributed by atoms with E-state index in [2.05, 4.69) is 5.32 Å². The average molecular weight is 266 g/mol. The maximum Gasteiger partial charge on any atom is 0.157 e. The summed E-state index contributed by atoms with van der Waals surface area (Å²) in [5, 5.41) is 4.99. The van der Waals surface area contributed by atoms with Crippen molar-refractivity contribution >= 4 is 16.9 Å². The molecule has 2 saturated carbocycles. The van der Waals surface area contributed by atoms with Gasteiger partial charge in [0.1, 0.15) is 0 Å². The summed E-state index contributed by atoms with van der Waals surface area (Å²) in [5.41, 5.74) is 0.426. The van der Waals surface area contributed by atoms with Crippen LogP contribution in [0.1, 0.15) is 64.2 Å². The highest BCUT2D eigenvalue weighted by Gasteiger charge is 2.37. The minimum Gasteiger partial charge on any atom is -0.359 e. The lowest BCUT2D eigenvalue weighted by atomic mass is 9.83. The third-order valence-corrected chi connectivity index (χ3v) is 6.14. The Kier molecular flexibility index (Phi) is 4.17. The number of nitrogens with zero attached hydrogens (tertiary/aromatic N) is 1. The zero-order valence-electron chi connectivity index (χ0n) is 11.4. The third kappa shape index (κ3) is 3.04. The van der Waals surface area contributed by atoms with Gasteiger partial charge in [-0.15, -0.1) is 0 Å². The number of rotatable bonds is 3. The largest absolute Gasteiger partial charge is 0.359 e. The molecule has 18 heavy (non-hydrogen) atoms. The summed E-state index contributed by atoms with van der Waals surface area (Å²) >= 11 is 1.97. The SMILES string of the molecule is C1CCC2(CC1)CSC(=NCCC1CCCC1)N2. The van der Waals surface area contributed by atoms with E-state index in [9.17, 15) is 0 Å². The third-order valence-electron chi connectivity index (χ3n) is 4.94. The molecule has 2 nitrogen and oxygen atoms in total. The van der Waals surface area contributed by atoms with Crippen LogP contribution in [-0.2, 0) is 0 Å². The fourth-order valence-corrected chi connectivity index (χ4v) is 4.98. The van der Waals surface area contributed by atoms with Gasteiger partial charge in [0, 0.05) is 17.8 Å². The van der Waals surface area contributed by atoms with Crippen LogP contribution in [0.25, 0.3) is 0 Å². The molecule has 3 fully saturated rings. The van der Waals surface area contributed by atoms with Crippen molar-refractivity contribution in [1.29, 1.82) is 0 Å². The fraction of sp³-hybridized carbons (Fsp3) is 0.933. The quantitative estimate of drug-likeness (QED) is 0.836. The molecule has 1 heterocycles. The van der Waals surface area contributed by atoms with Gasteiger partial charge in [-0.3, -0.25) is 4.99 Å². The average Bonchev–Trinajstić information content (AvgIpc) is 3.02. The van der Waals surface area contributed by atoms with Gasteiger partial charge < -0.3 is 5.32 Å². The minimum atomic E-state index is 0.426. The lowest BCUT2D eigenvalue weighted by Crippen LogP contribution is -2.45. The minimum absolute atomic E-state index is 0.426. The predicted octanol–water partition coefficient (Wildman–Crippen LogP) is 3.96. The number of nitrogens with one attached hydrogen (secondary N) is 1. The van der Waals surface area contributed by atoms with Gasteiger partial charge in [0.15, 0.2) is 5.17 Å². The Balaban J connectivity index is 1.45. The van der Waals surface area contributed by atoms with E-state index in [1.54, 1.807) is 0 Å². The number of aliphatic imine (C=N–C) groups is 1. The lowest BCUT2D eigenvalue weighted by molar-refractivity contribution is 0.303. The molecule has 3 heteroatoms. The summed E-state index contributed by atoms with van der Waals surface area (Å²) in [5.74, 6) is 2.24. The first-order valence-electron chi connectivity index (χ1n) is 7.82. The van der Waals surface area contributed by atoms with E-state index >= 15 is 0 Å². The van der Waals surface area contributed by atoms with Crippen molar-refractivity contribution in [3.63, 3.8) is 0 Å². The van der Waals surface area contributed by atoms with Crippen LogP contribution < -0.4 is 5.32 Å². The Hall–Kier alpha value is -0.180. The molecule has 1 aliphatic heterocycles. The molecular weight excluding hydrogens is 240 g/mol. The normalized spacial score (nSPS) is 30.1. The van der Waals surface area contributed by atoms with Crippen LogP contribution in [0.2, 0.25) is 0 Å². The summed E-state index contributed by atoms with van der Waals surface area (Å²) in [7, 11) is 0. The van der Waals surface area contributed by atoms with E-state index in [1.165, 1.54) is 75.1 Å². The zero-order valence-corrected chi connectivity index (χ0v) is 12.2. The smallest absolute Gasteiger partial charge is 0.157 e. The molecule has 0 unspecified atom stereocenters. The zero-order chi connectivity index (χ0) is 12.3. The van der Waals surface area contributed by atoms with E-state index in [0.29, 0.717) is 5.54 Å². The van der Waals surface area contributed by atoms with Crippen LogP contribution in [0, 0.1) is 5.92 Å². The second-order valence-electron chi connectivity index (χ2n) is 6.38. The van der Waals surface area contributed by atoms with Crippen molar-refractivity contribution < 1.29 is 0 Å². The summed E-state index contributed by atoms with van der Waals surface area (Å²) in [4.78, 5) is 4.80. The first-order valence-corrected chi connectivity index (χ1v) is 8.80. The summed E-state index contributed by atoms with van der Waals surface area (Å²) in [6.07, 6.45) is 14.1. The maximum absolute atomic E-state index is 4.80. The van der Waals surface area contributed by atoms with Crippen molar-refractivity contribution in [1.82, 2.24) is 5.32 Å². The Morgan fingerprint density at radius 3 is 2.67 bits per heavy atom. The number of amidine groups is 1. The van der Waals surface area contributed by atoms with Crippen molar-refractivity contribution in [2.24, 2.45) is 10.9 Å². The monoisotopic (exact) mass is 266 g/mol. The van der Waals surface area contributed by atoms with E-state index in [1.807, 2.05) is 11.8 Å². The van der Waals surface area contributed by atoms with Crippen LogP contribution in [0.15, 0.2) is 4.99 Å². The lowest BCUT2D eigenvalue weighted by Gasteiger charge is -2.32. The maximum atomic E-state index is 4.80.